The SMILES string of the molecule is CCc1cc(F)c(C2C3=C(CC(C)N2CC(C)(F)CO)c2ccc(F)cc2C3)c(F)c1. The summed E-state index contributed by atoms with van der Waals surface area (Å²) in [6.45, 7) is 4.13. The first-order valence-corrected chi connectivity index (χ1v) is 10.7. The molecule has 166 valence electrons. The lowest BCUT2D eigenvalue weighted by Crippen LogP contribution is -2.49. The van der Waals surface area contributed by atoms with Crippen molar-refractivity contribution in [3.63, 3.8) is 0 Å². The maximum atomic E-state index is 15.3. The number of nitrogens with zero attached hydrogens (tertiary/aromatic N) is 1. The highest BCUT2D eigenvalue weighted by atomic mass is 19.1. The van der Waals surface area contributed by atoms with Crippen LogP contribution in [0.25, 0.3) is 5.57 Å². The number of hydrogen-bond acceptors (Lipinski definition) is 2. The maximum Gasteiger partial charge on any atom is 0.143 e. The molecule has 0 amide bonds. The van der Waals surface area contributed by atoms with Gasteiger partial charge in [0.25, 0.3) is 0 Å². The molecule has 0 radical (unpaired) electrons. The van der Waals surface area contributed by atoms with E-state index in [4.69, 9.17) is 0 Å². The minimum Gasteiger partial charge on any atom is -0.393 e. The molecular formula is C25H27F4NO. The number of halogens is 4. The predicted molar refractivity (Wildman–Crippen MR) is 113 cm³/mol. The van der Waals surface area contributed by atoms with E-state index in [9.17, 15) is 13.9 Å². The first kappa shape index (κ1) is 22.0. The molecule has 2 nitrogen and oxygen atoms in total. The van der Waals surface area contributed by atoms with Crippen molar-refractivity contribution in [3.8, 4) is 0 Å². The van der Waals surface area contributed by atoms with Crippen LogP contribution in [0.5, 0.6) is 0 Å². The van der Waals surface area contributed by atoms with E-state index in [-0.39, 0.29) is 24.0 Å². The Labute approximate surface area is 180 Å². The fourth-order valence-electron chi connectivity index (χ4n) is 4.98. The number of fused-ring (bicyclic) bond motifs is 2. The average Bonchev–Trinajstić information content (AvgIpc) is 3.06. The zero-order chi connectivity index (χ0) is 22.5. The average molecular weight is 433 g/mol. The summed E-state index contributed by atoms with van der Waals surface area (Å²) in [5.74, 6) is -1.69. The quantitative estimate of drug-likeness (QED) is 0.627. The minimum absolute atomic E-state index is 0.113. The standard InChI is InChI=1S/C25H27F4NO/c1-4-15-8-21(27)23(22(28)9-15)24-20-11-16-10-17(26)5-6-18(16)19(20)7-14(2)30(24)12-25(3,29)13-31/h5-6,8-10,14,24,31H,4,7,11-13H2,1-3H3. The fourth-order valence-corrected chi connectivity index (χ4v) is 4.98. The van der Waals surface area contributed by atoms with Crippen LogP contribution < -0.4 is 0 Å². The van der Waals surface area contributed by atoms with Crippen LogP contribution in [0.4, 0.5) is 17.6 Å². The molecule has 6 heteroatoms. The van der Waals surface area contributed by atoms with Crippen molar-refractivity contribution in [2.24, 2.45) is 0 Å². The fraction of sp³-hybridized carbons (Fsp3) is 0.440. The van der Waals surface area contributed by atoms with Crippen molar-refractivity contribution in [2.75, 3.05) is 13.2 Å². The third kappa shape index (κ3) is 3.92. The molecule has 1 N–H and O–H groups in total. The van der Waals surface area contributed by atoms with E-state index in [2.05, 4.69) is 0 Å². The van der Waals surface area contributed by atoms with Crippen LogP contribution >= 0.6 is 0 Å². The zero-order valence-electron chi connectivity index (χ0n) is 18.0. The van der Waals surface area contributed by atoms with Gasteiger partial charge in [-0.1, -0.05) is 13.0 Å². The van der Waals surface area contributed by atoms with Gasteiger partial charge in [-0.25, -0.2) is 17.6 Å². The number of aliphatic hydroxyl groups excluding tert-OH is 1. The van der Waals surface area contributed by atoms with Gasteiger partial charge in [-0.3, -0.25) is 4.90 Å². The van der Waals surface area contributed by atoms with E-state index < -0.39 is 30.0 Å². The minimum atomic E-state index is -1.93. The molecule has 3 atom stereocenters. The summed E-state index contributed by atoms with van der Waals surface area (Å²) in [5.41, 5.74) is 1.90. The third-order valence-corrected chi connectivity index (χ3v) is 6.55. The summed E-state index contributed by atoms with van der Waals surface area (Å²) >= 11 is 0. The van der Waals surface area contributed by atoms with Crippen LogP contribution in [0.15, 0.2) is 35.9 Å². The predicted octanol–water partition coefficient (Wildman–Crippen LogP) is 5.53. The Hall–Kier alpha value is -2.18. The van der Waals surface area contributed by atoms with E-state index in [0.717, 1.165) is 22.3 Å². The molecule has 0 saturated heterocycles. The normalized spacial score (nSPS) is 23.0. The summed E-state index contributed by atoms with van der Waals surface area (Å²) in [4.78, 5) is 1.74. The Balaban J connectivity index is 1.89. The van der Waals surface area contributed by atoms with Crippen molar-refractivity contribution >= 4 is 5.57 Å². The summed E-state index contributed by atoms with van der Waals surface area (Å²) in [6.07, 6.45) is 1.40. The van der Waals surface area contributed by atoms with Crippen LogP contribution in [-0.2, 0) is 12.8 Å². The van der Waals surface area contributed by atoms with E-state index in [0.29, 0.717) is 24.8 Å². The summed E-state index contributed by atoms with van der Waals surface area (Å²) in [6, 6.07) is 6.17. The van der Waals surface area contributed by atoms with Crippen molar-refractivity contribution in [3.05, 3.63) is 75.6 Å². The van der Waals surface area contributed by atoms with Gasteiger partial charge in [0, 0.05) is 18.2 Å². The number of alkyl halides is 1. The van der Waals surface area contributed by atoms with Gasteiger partial charge in [-0.15, -0.1) is 0 Å². The lowest BCUT2D eigenvalue weighted by Gasteiger charge is -2.44. The Kier molecular flexibility index (Phi) is 5.73. The molecule has 2 aromatic rings. The molecule has 0 bridgehead atoms. The number of aliphatic hydroxyl groups is 1. The van der Waals surface area contributed by atoms with Crippen molar-refractivity contribution in [2.45, 2.75) is 57.8 Å². The van der Waals surface area contributed by atoms with Crippen molar-refractivity contribution in [1.29, 1.82) is 0 Å². The molecule has 1 aliphatic heterocycles. The Bertz CT molecular complexity index is 1020. The Morgan fingerprint density at radius 3 is 2.42 bits per heavy atom. The van der Waals surface area contributed by atoms with E-state index in [1.807, 2.05) is 13.8 Å². The molecule has 31 heavy (non-hydrogen) atoms. The number of benzene rings is 2. The van der Waals surface area contributed by atoms with Gasteiger partial charge in [0.2, 0.25) is 0 Å². The van der Waals surface area contributed by atoms with Gasteiger partial charge in [-0.2, -0.15) is 0 Å². The molecule has 3 unspecified atom stereocenters. The van der Waals surface area contributed by atoms with Crippen LogP contribution in [0.1, 0.15) is 55.5 Å². The third-order valence-electron chi connectivity index (χ3n) is 6.55. The van der Waals surface area contributed by atoms with Gasteiger partial charge < -0.3 is 5.11 Å². The highest BCUT2D eigenvalue weighted by molar-refractivity contribution is 5.79. The van der Waals surface area contributed by atoms with Crippen LogP contribution in [0.2, 0.25) is 0 Å². The van der Waals surface area contributed by atoms with Crippen LogP contribution in [0.3, 0.4) is 0 Å². The van der Waals surface area contributed by atoms with Crippen LogP contribution in [-0.4, -0.2) is 34.9 Å². The molecule has 1 heterocycles. The summed E-state index contributed by atoms with van der Waals surface area (Å²) in [5, 5.41) is 9.50. The highest BCUT2D eigenvalue weighted by Crippen LogP contribution is 2.50. The smallest absolute Gasteiger partial charge is 0.143 e. The first-order chi connectivity index (χ1) is 14.6. The number of aryl methyl sites for hydroxylation is 1. The molecule has 1 aliphatic carbocycles. The molecule has 2 aliphatic rings. The number of hydrogen-bond donors (Lipinski definition) is 1. The van der Waals surface area contributed by atoms with E-state index in [1.54, 1.807) is 11.0 Å². The van der Waals surface area contributed by atoms with Gasteiger partial charge in [-0.05, 0) is 85.2 Å². The lowest BCUT2D eigenvalue weighted by molar-refractivity contribution is 0.0181. The lowest BCUT2D eigenvalue weighted by atomic mass is 9.83. The van der Waals surface area contributed by atoms with E-state index >= 15 is 8.78 Å². The molecule has 0 spiro atoms. The van der Waals surface area contributed by atoms with Crippen molar-refractivity contribution in [1.82, 2.24) is 4.90 Å². The summed E-state index contributed by atoms with van der Waals surface area (Å²) < 4.78 is 59.3. The Morgan fingerprint density at radius 2 is 1.81 bits per heavy atom. The van der Waals surface area contributed by atoms with Gasteiger partial charge >= 0.3 is 0 Å². The topological polar surface area (TPSA) is 23.5 Å². The molecule has 2 aromatic carbocycles. The molecule has 0 aromatic heterocycles. The molecule has 0 fully saturated rings. The number of rotatable bonds is 5. The van der Waals surface area contributed by atoms with E-state index in [1.165, 1.54) is 31.2 Å². The van der Waals surface area contributed by atoms with Crippen LogP contribution in [0, 0.1) is 17.5 Å². The Morgan fingerprint density at radius 1 is 1.13 bits per heavy atom. The second kappa shape index (κ2) is 8.06. The largest absolute Gasteiger partial charge is 0.393 e. The van der Waals surface area contributed by atoms with Gasteiger partial charge in [0.1, 0.15) is 23.1 Å². The first-order valence-electron chi connectivity index (χ1n) is 10.7. The molecular weight excluding hydrogens is 406 g/mol. The summed E-state index contributed by atoms with van der Waals surface area (Å²) in [7, 11) is 0. The zero-order valence-corrected chi connectivity index (χ0v) is 18.0. The van der Waals surface area contributed by atoms with Gasteiger partial charge in [0.05, 0.1) is 12.6 Å². The molecule has 0 saturated carbocycles. The highest BCUT2D eigenvalue weighted by Gasteiger charge is 2.43. The molecule has 4 rings (SSSR count). The van der Waals surface area contributed by atoms with Crippen molar-refractivity contribution < 1.29 is 22.7 Å². The second-order valence-corrected chi connectivity index (χ2v) is 9.01. The van der Waals surface area contributed by atoms with Gasteiger partial charge in [0.15, 0.2) is 0 Å². The second-order valence-electron chi connectivity index (χ2n) is 9.01. The maximum absolute atomic E-state index is 15.3. The monoisotopic (exact) mass is 433 g/mol.